The van der Waals surface area contributed by atoms with Crippen LogP contribution in [-0.2, 0) is 6.42 Å². The second-order valence-electron chi connectivity index (χ2n) is 7.06. The molecule has 2 heterocycles. The molecule has 112 valence electrons. The van der Waals surface area contributed by atoms with Gasteiger partial charge in [-0.3, -0.25) is 4.90 Å². The molecule has 20 heavy (non-hydrogen) atoms. The predicted octanol–water partition coefficient (Wildman–Crippen LogP) is 3.86. The number of thiophene rings is 1. The van der Waals surface area contributed by atoms with Crippen molar-refractivity contribution in [2.75, 3.05) is 19.7 Å². The summed E-state index contributed by atoms with van der Waals surface area (Å²) < 4.78 is 0. The Morgan fingerprint density at radius 2 is 2.30 bits per heavy atom. The summed E-state index contributed by atoms with van der Waals surface area (Å²) in [7, 11) is 0. The van der Waals surface area contributed by atoms with Gasteiger partial charge in [0.2, 0.25) is 0 Å². The van der Waals surface area contributed by atoms with Crippen molar-refractivity contribution in [2.24, 2.45) is 11.3 Å². The number of fused-ring (bicyclic) bond motifs is 1. The fourth-order valence-electron chi connectivity index (χ4n) is 4.31. The molecular formula is C17H27NOS. The van der Waals surface area contributed by atoms with Gasteiger partial charge in [0, 0.05) is 36.0 Å². The zero-order valence-corrected chi connectivity index (χ0v) is 13.6. The Bertz CT molecular complexity index is 458. The van der Waals surface area contributed by atoms with E-state index in [0.717, 1.165) is 19.0 Å². The van der Waals surface area contributed by atoms with E-state index in [9.17, 15) is 5.11 Å². The van der Waals surface area contributed by atoms with Gasteiger partial charge in [-0.15, -0.1) is 11.3 Å². The van der Waals surface area contributed by atoms with E-state index in [1.54, 1.807) is 4.88 Å². The van der Waals surface area contributed by atoms with Crippen LogP contribution in [0.3, 0.4) is 0 Å². The molecule has 0 radical (unpaired) electrons. The summed E-state index contributed by atoms with van der Waals surface area (Å²) in [6.45, 7) is 7.27. The molecule has 1 aliphatic heterocycles. The topological polar surface area (TPSA) is 23.5 Å². The summed E-state index contributed by atoms with van der Waals surface area (Å²) in [5.41, 5.74) is 1.68. The minimum Gasteiger partial charge on any atom is -0.396 e. The number of rotatable bonds is 3. The molecule has 3 unspecified atom stereocenters. The highest BCUT2D eigenvalue weighted by Crippen LogP contribution is 2.42. The zero-order valence-electron chi connectivity index (χ0n) is 12.8. The molecule has 2 aliphatic rings. The van der Waals surface area contributed by atoms with Crippen LogP contribution in [0.4, 0.5) is 0 Å². The van der Waals surface area contributed by atoms with Crippen molar-refractivity contribution in [1.82, 2.24) is 4.90 Å². The van der Waals surface area contributed by atoms with E-state index in [1.807, 2.05) is 11.3 Å². The van der Waals surface area contributed by atoms with Gasteiger partial charge in [-0.25, -0.2) is 0 Å². The Balaban J connectivity index is 1.74. The standard InChI is InChI=1S/C17H27NOS/c1-13-4-3-7-17(10-13,12-19)11-18-8-5-16-15(14(18)2)6-9-20-16/h6,9,13-14,19H,3-5,7-8,10-12H2,1-2H3. The van der Waals surface area contributed by atoms with E-state index in [-0.39, 0.29) is 5.41 Å². The zero-order chi connectivity index (χ0) is 14.2. The molecule has 1 aliphatic carbocycles. The largest absolute Gasteiger partial charge is 0.396 e. The fourth-order valence-corrected chi connectivity index (χ4v) is 5.28. The highest BCUT2D eigenvalue weighted by molar-refractivity contribution is 7.10. The van der Waals surface area contributed by atoms with E-state index in [4.69, 9.17) is 0 Å². The summed E-state index contributed by atoms with van der Waals surface area (Å²) in [4.78, 5) is 4.19. The Morgan fingerprint density at radius 3 is 3.05 bits per heavy atom. The van der Waals surface area contributed by atoms with Gasteiger partial charge in [0.15, 0.2) is 0 Å². The minimum absolute atomic E-state index is 0.152. The van der Waals surface area contributed by atoms with Gasteiger partial charge < -0.3 is 5.11 Å². The van der Waals surface area contributed by atoms with Crippen LogP contribution in [0.15, 0.2) is 11.4 Å². The van der Waals surface area contributed by atoms with E-state index in [1.165, 1.54) is 37.7 Å². The van der Waals surface area contributed by atoms with Crippen LogP contribution in [0.2, 0.25) is 0 Å². The molecule has 1 N–H and O–H groups in total. The van der Waals surface area contributed by atoms with Gasteiger partial charge in [0.25, 0.3) is 0 Å². The molecule has 0 amide bonds. The van der Waals surface area contributed by atoms with Crippen LogP contribution in [0.5, 0.6) is 0 Å². The summed E-state index contributed by atoms with van der Waals surface area (Å²) in [5.74, 6) is 0.771. The van der Waals surface area contributed by atoms with Crippen molar-refractivity contribution >= 4 is 11.3 Å². The summed E-state index contributed by atoms with van der Waals surface area (Å²) in [6, 6.07) is 2.82. The summed E-state index contributed by atoms with van der Waals surface area (Å²) >= 11 is 1.91. The number of aliphatic hydroxyl groups is 1. The van der Waals surface area contributed by atoms with Crippen molar-refractivity contribution in [3.05, 3.63) is 21.9 Å². The first-order valence-corrected chi connectivity index (χ1v) is 8.93. The van der Waals surface area contributed by atoms with Crippen LogP contribution in [0.1, 0.15) is 56.0 Å². The van der Waals surface area contributed by atoms with Gasteiger partial charge in [-0.05, 0) is 49.1 Å². The van der Waals surface area contributed by atoms with Gasteiger partial charge >= 0.3 is 0 Å². The highest BCUT2D eigenvalue weighted by atomic mass is 32.1. The number of nitrogens with zero attached hydrogens (tertiary/aromatic N) is 1. The third kappa shape index (κ3) is 2.68. The quantitative estimate of drug-likeness (QED) is 0.915. The molecule has 1 aromatic heterocycles. The van der Waals surface area contributed by atoms with Crippen LogP contribution < -0.4 is 0 Å². The number of hydrogen-bond donors (Lipinski definition) is 1. The lowest BCUT2D eigenvalue weighted by Gasteiger charge is -2.45. The monoisotopic (exact) mass is 293 g/mol. The van der Waals surface area contributed by atoms with Crippen molar-refractivity contribution in [1.29, 1.82) is 0 Å². The fraction of sp³-hybridized carbons (Fsp3) is 0.765. The molecule has 3 atom stereocenters. The molecule has 0 spiro atoms. The molecular weight excluding hydrogens is 266 g/mol. The van der Waals surface area contributed by atoms with Crippen LogP contribution in [0, 0.1) is 11.3 Å². The highest BCUT2D eigenvalue weighted by Gasteiger charge is 2.38. The van der Waals surface area contributed by atoms with Gasteiger partial charge in [-0.2, -0.15) is 0 Å². The molecule has 3 rings (SSSR count). The number of aliphatic hydroxyl groups excluding tert-OH is 1. The van der Waals surface area contributed by atoms with Crippen molar-refractivity contribution in [3.8, 4) is 0 Å². The first kappa shape index (κ1) is 14.6. The van der Waals surface area contributed by atoms with E-state index in [2.05, 4.69) is 30.2 Å². The van der Waals surface area contributed by atoms with Gasteiger partial charge in [0.1, 0.15) is 0 Å². The molecule has 1 aromatic rings. The maximum absolute atomic E-state index is 10.0. The Morgan fingerprint density at radius 1 is 1.45 bits per heavy atom. The van der Waals surface area contributed by atoms with E-state index in [0.29, 0.717) is 12.6 Å². The molecule has 1 saturated carbocycles. The maximum Gasteiger partial charge on any atom is 0.0499 e. The third-order valence-corrected chi connectivity index (χ3v) is 6.46. The van der Waals surface area contributed by atoms with Crippen LogP contribution >= 0.6 is 11.3 Å². The second kappa shape index (κ2) is 5.78. The lowest BCUT2D eigenvalue weighted by atomic mass is 9.70. The molecule has 0 bridgehead atoms. The van der Waals surface area contributed by atoms with Crippen molar-refractivity contribution in [3.63, 3.8) is 0 Å². The second-order valence-corrected chi connectivity index (χ2v) is 8.06. The molecule has 0 aromatic carbocycles. The minimum atomic E-state index is 0.152. The lowest BCUT2D eigenvalue weighted by molar-refractivity contribution is 0.0105. The van der Waals surface area contributed by atoms with E-state index >= 15 is 0 Å². The van der Waals surface area contributed by atoms with Crippen molar-refractivity contribution in [2.45, 2.75) is 52.0 Å². The van der Waals surface area contributed by atoms with Crippen LogP contribution in [0.25, 0.3) is 0 Å². The maximum atomic E-state index is 10.0. The van der Waals surface area contributed by atoms with Crippen LogP contribution in [-0.4, -0.2) is 29.7 Å². The third-order valence-electron chi connectivity index (χ3n) is 5.46. The molecule has 0 saturated heterocycles. The Hall–Kier alpha value is -0.380. The smallest absolute Gasteiger partial charge is 0.0499 e. The SMILES string of the molecule is CC1CCCC(CO)(CN2CCc3sccc3C2C)C1. The summed E-state index contributed by atoms with van der Waals surface area (Å²) in [5, 5.41) is 12.2. The average Bonchev–Trinajstić information content (AvgIpc) is 2.91. The van der Waals surface area contributed by atoms with Gasteiger partial charge in [0.05, 0.1) is 0 Å². The van der Waals surface area contributed by atoms with E-state index < -0.39 is 0 Å². The predicted molar refractivity (Wildman–Crippen MR) is 85.2 cm³/mol. The number of hydrogen-bond acceptors (Lipinski definition) is 3. The Kier molecular flexibility index (Phi) is 4.21. The summed E-state index contributed by atoms with van der Waals surface area (Å²) in [6.07, 6.45) is 6.21. The Labute approximate surface area is 126 Å². The van der Waals surface area contributed by atoms with Crippen molar-refractivity contribution < 1.29 is 5.11 Å². The van der Waals surface area contributed by atoms with Gasteiger partial charge in [-0.1, -0.05) is 19.8 Å². The molecule has 2 nitrogen and oxygen atoms in total. The molecule has 3 heteroatoms. The first-order chi connectivity index (χ1) is 9.63. The molecule has 1 fully saturated rings. The average molecular weight is 293 g/mol. The lowest BCUT2D eigenvalue weighted by Crippen LogP contribution is -2.45. The first-order valence-electron chi connectivity index (χ1n) is 8.05. The normalized spacial score (nSPS) is 35.0.